The molecule has 0 N–H and O–H groups in total. The van der Waals surface area contributed by atoms with Gasteiger partial charge in [0, 0.05) is 0 Å². The van der Waals surface area contributed by atoms with Gasteiger partial charge in [-0.25, -0.2) is 0 Å². The summed E-state index contributed by atoms with van der Waals surface area (Å²) in [4.78, 5) is 0. The first kappa shape index (κ1) is 14.6. The van der Waals surface area contributed by atoms with E-state index in [-0.39, 0.29) is 0 Å². The second kappa shape index (κ2) is 8.87. The molecule has 0 bridgehead atoms. The van der Waals surface area contributed by atoms with Crippen LogP contribution in [0.5, 0.6) is 0 Å². The second-order valence-electron chi connectivity index (χ2n) is 3.09. The van der Waals surface area contributed by atoms with Crippen LogP contribution < -0.4 is 0 Å². The van der Waals surface area contributed by atoms with Crippen LogP contribution in [-0.4, -0.2) is 19.8 Å². The van der Waals surface area contributed by atoms with Crippen molar-refractivity contribution in [1.29, 1.82) is 0 Å². The molecule has 0 aliphatic heterocycles. The standard InChI is InChI=1S/C4H9.3C2H5O.Ti/c1-3-4-2;3*1-2-3;/h1,3-4H2,2H3;3*2H2,1H3;/q;3*-1;+3. The summed E-state index contributed by atoms with van der Waals surface area (Å²) in [6.45, 7) is 10.3. The number of rotatable bonds is 9. The van der Waals surface area contributed by atoms with E-state index in [0.29, 0.717) is 19.8 Å². The number of hydrogen-bond acceptors (Lipinski definition) is 3. The summed E-state index contributed by atoms with van der Waals surface area (Å²) >= 11 is -2.85. The Hall–Kier alpha value is 0.594. The molecule has 3 nitrogen and oxygen atoms in total. The van der Waals surface area contributed by atoms with Gasteiger partial charge in [0.25, 0.3) is 0 Å². The van der Waals surface area contributed by atoms with E-state index >= 15 is 0 Å². The molecule has 0 atom stereocenters. The molecule has 0 unspecified atom stereocenters. The van der Waals surface area contributed by atoms with Crippen molar-refractivity contribution in [2.45, 2.75) is 45.3 Å². The van der Waals surface area contributed by atoms with Crippen LogP contribution in [0.15, 0.2) is 0 Å². The van der Waals surface area contributed by atoms with Crippen molar-refractivity contribution < 1.29 is 27.7 Å². The zero-order chi connectivity index (χ0) is 10.9. The van der Waals surface area contributed by atoms with E-state index in [1.54, 1.807) is 0 Å². The Labute approximate surface area is 92.9 Å². The molecule has 86 valence electrons. The first-order valence-corrected chi connectivity index (χ1v) is 8.68. The molecule has 14 heavy (non-hydrogen) atoms. The Bertz CT molecular complexity index is 114. The third kappa shape index (κ3) is 5.47. The van der Waals surface area contributed by atoms with Crippen LogP contribution >= 0.6 is 0 Å². The Morgan fingerprint density at radius 2 is 1.21 bits per heavy atom. The van der Waals surface area contributed by atoms with Gasteiger partial charge in [0.05, 0.1) is 0 Å². The molecule has 0 spiro atoms. The van der Waals surface area contributed by atoms with Gasteiger partial charge in [0.2, 0.25) is 0 Å². The number of hydrogen-bond donors (Lipinski definition) is 0. The van der Waals surface area contributed by atoms with Crippen molar-refractivity contribution in [3.05, 3.63) is 0 Å². The molecular formula is C10H24O3Ti. The van der Waals surface area contributed by atoms with Gasteiger partial charge in [-0.1, -0.05) is 0 Å². The normalized spacial score (nSPS) is 12.0. The molecule has 0 aromatic heterocycles. The predicted molar refractivity (Wildman–Crippen MR) is 54.6 cm³/mol. The SMILES string of the molecule is CCC[CH2][Ti]([O]CC)([O]CC)[O]CC. The van der Waals surface area contributed by atoms with Gasteiger partial charge < -0.3 is 0 Å². The van der Waals surface area contributed by atoms with Gasteiger partial charge in [-0.3, -0.25) is 0 Å². The van der Waals surface area contributed by atoms with Crippen LogP contribution in [0.25, 0.3) is 0 Å². The van der Waals surface area contributed by atoms with Crippen molar-refractivity contribution in [2.24, 2.45) is 0 Å². The molecule has 0 radical (unpaired) electrons. The molecule has 0 aromatic rings. The third-order valence-electron chi connectivity index (χ3n) is 1.93. The number of unbranched alkanes of at least 4 members (excludes halogenated alkanes) is 1. The van der Waals surface area contributed by atoms with Gasteiger partial charge in [0.15, 0.2) is 0 Å². The van der Waals surface area contributed by atoms with Crippen molar-refractivity contribution >= 4 is 0 Å². The Kier molecular flexibility index (Phi) is 9.24. The van der Waals surface area contributed by atoms with Crippen molar-refractivity contribution in [2.75, 3.05) is 19.8 Å². The monoisotopic (exact) mass is 240 g/mol. The zero-order valence-corrected chi connectivity index (χ0v) is 11.5. The summed E-state index contributed by atoms with van der Waals surface area (Å²) in [5.41, 5.74) is 0. The van der Waals surface area contributed by atoms with Gasteiger partial charge in [-0.15, -0.1) is 0 Å². The fraction of sp³-hybridized carbons (Fsp3) is 1.00. The van der Waals surface area contributed by atoms with Crippen molar-refractivity contribution in [3.8, 4) is 0 Å². The second-order valence-corrected chi connectivity index (χ2v) is 7.35. The third-order valence-corrected chi connectivity index (χ3v) is 6.85. The molecular weight excluding hydrogens is 216 g/mol. The quantitative estimate of drug-likeness (QED) is 0.579. The average Bonchev–Trinajstić information content (AvgIpc) is 2.16. The van der Waals surface area contributed by atoms with Crippen molar-refractivity contribution in [1.82, 2.24) is 0 Å². The van der Waals surface area contributed by atoms with Crippen LogP contribution in [-0.2, 0) is 27.7 Å². The fourth-order valence-electron chi connectivity index (χ4n) is 1.39. The topological polar surface area (TPSA) is 27.7 Å². The first-order valence-electron chi connectivity index (χ1n) is 5.66. The summed E-state index contributed by atoms with van der Waals surface area (Å²) in [7, 11) is 0. The van der Waals surface area contributed by atoms with Crippen LogP contribution in [0.2, 0.25) is 4.73 Å². The molecule has 0 heterocycles. The minimum absolute atomic E-state index is 0.698. The van der Waals surface area contributed by atoms with Crippen LogP contribution in [0.3, 0.4) is 0 Å². The summed E-state index contributed by atoms with van der Waals surface area (Å²) in [6.07, 6.45) is 2.31. The van der Waals surface area contributed by atoms with Gasteiger partial charge in [-0.05, 0) is 0 Å². The average molecular weight is 240 g/mol. The van der Waals surface area contributed by atoms with Crippen LogP contribution in [0, 0.1) is 0 Å². The molecule has 0 saturated heterocycles. The van der Waals surface area contributed by atoms with E-state index in [1.165, 1.54) is 6.42 Å². The van der Waals surface area contributed by atoms with E-state index in [9.17, 15) is 0 Å². The van der Waals surface area contributed by atoms with Gasteiger partial charge in [0.1, 0.15) is 0 Å². The molecule has 0 aliphatic carbocycles. The Morgan fingerprint density at radius 3 is 1.50 bits per heavy atom. The van der Waals surface area contributed by atoms with Crippen LogP contribution in [0.1, 0.15) is 40.5 Å². The van der Waals surface area contributed by atoms with Gasteiger partial charge >= 0.3 is 92.8 Å². The Balaban J connectivity index is 4.21. The Morgan fingerprint density at radius 1 is 0.786 bits per heavy atom. The van der Waals surface area contributed by atoms with E-state index in [1.807, 2.05) is 20.8 Å². The molecule has 0 aliphatic rings. The van der Waals surface area contributed by atoms with E-state index in [2.05, 4.69) is 6.92 Å². The van der Waals surface area contributed by atoms with Gasteiger partial charge in [-0.2, -0.15) is 0 Å². The molecule has 0 aromatic carbocycles. The van der Waals surface area contributed by atoms with E-state index in [4.69, 9.17) is 9.96 Å². The van der Waals surface area contributed by atoms with Crippen molar-refractivity contribution in [3.63, 3.8) is 0 Å². The maximum absolute atomic E-state index is 5.76. The zero-order valence-electron chi connectivity index (χ0n) is 9.97. The fourth-order valence-corrected chi connectivity index (χ4v) is 5.75. The molecule has 0 amide bonds. The molecule has 0 fully saturated rings. The van der Waals surface area contributed by atoms with Crippen LogP contribution in [0.4, 0.5) is 0 Å². The summed E-state index contributed by atoms with van der Waals surface area (Å²) in [6, 6.07) is 0. The summed E-state index contributed by atoms with van der Waals surface area (Å²) in [5, 5.41) is 0. The summed E-state index contributed by atoms with van der Waals surface area (Å²) < 4.78 is 18.3. The molecule has 0 saturated carbocycles. The summed E-state index contributed by atoms with van der Waals surface area (Å²) in [5.74, 6) is 0. The maximum atomic E-state index is 5.76. The predicted octanol–water partition coefficient (Wildman–Crippen LogP) is 3.21. The first-order chi connectivity index (χ1) is 6.74. The molecule has 4 heteroatoms. The molecule has 0 rings (SSSR count). The minimum atomic E-state index is -2.85. The van der Waals surface area contributed by atoms with E-state index < -0.39 is 17.8 Å². The van der Waals surface area contributed by atoms with E-state index in [0.717, 1.165) is 11.1 Å².